The van der Waals surface area contributed by atoms with E-state index in [9.17, 15) is 0 Å². The molecule has 0 amide bonds. The first-order chi connectivity index (χ1) is 7.81. The number of ether oxygens (including phenoxy) is 2. The average Bonchev–Trinajstić information content (AvgIpc) is 2.35. The molecule has 0 heterocycles. The number of methoxy groups -OCH3 is 1. The smallest absolute Gasteiger partial charge is 0.161 e. The van der Waals surface area contributed by atoms with Gasteiger partial charge in [0, 0.05) is 5.33 Å². The van der Waals surface area contributed by atoms with Gasteiger partial charge in [0.05, 0.1) is 25.7 Å². The van der Waals surface area contributed by atoms with E-state index >= 15 is 0 Å². The summed E-state index contributed by atoms with van der Waals surface area (Å²) in [6.07, 6.45) is 0.708. The summed E-state index contributed by atoms with van der Waals surface area (Å²) in [5.74, 6) is 1.43. The third-order valence-corrected chi connectivity index (χ3v) is 2.94. The van der Waals surface area contributed by atoms with Gasteiger partial charge in [0.1, 0.15) is 0 Å². The molecular formula is C12H14BrNO2. The van der Waals surface area contributed by atoms with Crippen LogP contribution in [0.3, 0.4) is 0 Å². The molecule has 0 aliphatic heterocycles. The van der Waals surface area contributed by atoms with Crippen molar-refractivity contribution >= 4 is 15.9 Å². The molecule has 0 saturated carbocycles. The lowest BCUT2D eigenvalue weighted by Crippen LogP contribution is -2.07. The van der Waals surface area contributed by atoms with Gasteiger partial charge in [0.15, 0.2) is 11.5 Å². The molecule has 0 aliphatic carbocycles. The van der Waals surface area contributed by atoms with Crippen molar-refractivity contribution in [3.8, 4) is 17.6 Å². The summed E-state index contributed by atoms with van der Waals surface area (Å²) in [4.78, 5) is 0. The molecule has 0 aliphatic rings. The molecule has 1 atom stereocenters. The Balaban J connectivity index is 2.46. The van der Waals surface area contributed by atoms with Gasteiger partial charge < -0.3 is 9.47 Å². The van der Waals surface area contributed by atoms with Crippen LogP contribution in [0.25, 0.3) is 0 Å². The topological polar surface area (TPSA) is 42.2 Å². The summed E-state index contributed by atoms with van der Waals surface area (Å²) in [6, 6.07) is 9.70. The molecule has 16 heavy (non-hydrogen) atoms. The van der Waals surface area contributed by atoms with Gasteiger partial charge >= 0.3 is 0 Å². The molecule has 1 aromatic rings. The lowest BCUT2D eigenvalue weighted by Gasteiger charge is -2.11. The lowest BCUT2D eigenvalue weighted by molar-refractivity contribution is 0.280. The number of rotatable bonds is 6. The molecule has 0 saturated heterocycles. The van der Waals surface area contributed by atoms with Crippen molar-refractivity contribution in [2.75, 3.05) is 19.0 Å². The molecule has 3 nitrogen and oxygen atoms in total. The van der Waals surface area contributed by atoms with Crippen molar-refractivity contribution in [1.82, 2.24) is 0 Å². The fraction of sp³-hybridized carbons (Fsp3) is 0.417. The minimum atomic E-state index is -0.00490. The van der Waals surface area contributed by atoms with Crippen molar-refractivity contribution in [1.29, 1.82) is 5.26 Å². The number of hydrogen-bond acceptors (Lipinski definition) is 3. The Bertz CT molecular complexity index is 362. The largest absolute Gasteiger partial charge is 0.493 e. The fourth-order valence-electron chi connectivity index (χ4n) is 1.23. The van der Waals surface area contributed by atoms with Crippen molar-refractivity contribution in [3.63, 3.8) is 0 Å². The Hall–Kier alpha value is -1.21. The average molecular weight is 284 g/mol. The predicted molar refractivity (Wildman–Crippen MR) is 66.0 cm³/mol. The molecule has 0 fully saturated rings. The number of para-hydroxylation sites is 2. The summed E-state index contributed by atoms with van der Waals surface area (Å²) in [5.41, 5.74) is 0. The van der Waals surface area contributed by atoms with Crippen LogP contribution in [0.5, 0.6) is 11.5 Å². The van der Waals surface area contributed by atoms with Crippen LogP contribution in [-0.2, 0) is 0 Å². The van der Waals surface area contributed by atoms with Crippen molar-refractivity contribution in [2.24, 2.45) is 5.92 Å². The van der Waals surface area contributed by atoms with Crippen LogP contribution < -0.4 is 9.47 Å². The summed E-state index contributed by atoms with van der Waals surface area (Å²) < 4.78 is 10.7. The van der Waals surface area contributed by atoms with Crippen LogP contribution >= 0.6 is 15.9 Å². The predicted octanol–water partition coefficient (Wildman–Crippen LogP) is 3.00. The highest BCUT2D eigenvalue weighted by Gasteiger charge is 2.07. The number of alkyl halides is 1. The van der Waals surface area contributed by atoms with E-state index in [1.54, 1.807) is 7.11 Å². The standard InChI is InChI=1S/C12H14BrNO2/c1-15-11-4-2-3-5-12(11)16-7-6-10(8-13)9-14/h2-5,10H,6-8H2,1H3. The van der Waals surface area contributed by atoms with Gasteiger partial charge in [-0.1, -0.05) is 28.1 Å². The van der Waals surface area contributed by atoms with Crippen LogP contribution in [0.4, 0.5) is 0 Å². The quantitative estimate of drug-likeness (QED) is 0.754. The monoisotopic (exact) mass is 283 g/mol. The van der Waals surface area contributed by atoms with Crippen molar-refractivity contribution in [2.45, 2.75) is 6.42 Å². The van der Waals surface area contributed by atoms with E-state index in [1.807, 2.05) is 24.3 Å². The third-order valence-electron chi connectivity index (χ3n) is 2.16. The minimum absolute atomic E-state index is 0.00490. The second-order valence-electron chi connectivity index (χ2n) is 3.27. The van der Waals surface area contributed by atoms with E-state index in [0.717, 1.165) is 11.5 Å². The van der Waals surface area contributed by atoms with E-state index in [-0.39, 0.29) is 5.92 Å². The second kappa shape index (κ2) is 7.13. The molecule has 1 aromatic carbocycles. The van der Waals surface area contributed by atoms with Crippen LogP contribution in [-0.4, -0.2) is 19.0 Å². The van der Waals surface area contributed by atoms with Crippen LogP contribution in [0, 0.1) is 17.2 Å². The summed E-state index contributed by atoms with van der Waals surface area (Å²) in [5, 5.41) is 9.44. The van der Waals surface area contributed by atoms with Crippen molar-refractivity contribution in [3.05, 3.63) is 24.3 Å². The first-order valence-corrected chi connectivity index (χ1v) is 6.15. The van der Waals surface area contributed by atoms with Gasteiger partial charge in [-0.3, -0.25) is 0 Å². The number of nitriles is 1. The van der Waals surface area contributed by atoms with Gasteiger partial charge in [0.2, 0.25) is 0 Å². The Kier molecular flexibility index (Phi) is 5.73. The number of hydrogen-bond donors (Lipinski definition) is 0. The van der Waals surface area contributed by atoms with E-state index < -0.39 is 0 Å². The number of nitrogens with zero attached hydrogens (tertiary/aromatic N) is 1. The summed E-state index contributed by atoms with van der Waals surface area (Å²) in [6.45, 7) is 0.518. The van der Waals surface area contributed by atoms with Gasteiger partial charge in [-0.05, 0) is 18.6 Å². The van der Waals surface area contributed by atoms with E-state index in [0.29, 0.717) is 18.4 Å². The highest BCUT2D eigenvalue weighted by Crippen LogP contribution is 2.26. The molecule has 0 N–H and O–H groups in total. The summed E-state index contributed by atoms with van der Waals surface area (Å²) in [7, 11) is 1.61. The molecule has 1 unspecified atom stereocenters. The zero-order valence-corrected chi connectivity index (χ0v) is 10.7. The van der Waals surface area contributed by atoms with Gasteiger partial charge in [-0.2, -0.15) is 5.26 Å². The molecule has 0 radical (unpaired) electrons. The van der Waals surface area contributed by atoms with E-state index in [2.05, 4.69) is 22.0 Å². The van der Waals surface area contributed by atoms with Crippen LogP contribution in [0.15, 0.2) is 24.3 Å². The highest BCUT2D eigenvalue weighted by atomic mass is 79.9. The van der Waals surface area contributed by atoms with Crippen molar-refractivity contribution < 1.29 is 9.47 Å². The fourth-order valence-corrected chi connectivity index (χ4v) is 1.69. The summed E-state index contributed by atoms with van der Waals surface area (Å²) >= 11 is 3.29. The SMILES string of the molecule is COc1ccccc1OCCC(C#N)CBr. The van der Waals surface area contributed by atoms with Gasteiger partial charge in [-0.15, -0.1) is 0 Å². The third kappa shape index (κ3) is 3.74. The maximum atomic E-state index is 8.76. The Morgan fingerprint density at radius 3 is 2.62 bits per heavy atom. The lowest BCUT2D eigenvalue weighted by atomic mass is 10.1. The highest BCUT2D eigenvalue weighted by molar-refractivity contribution is 9.09. The molecular weight excluding hydrogens is 270 g/mol. The molecule has 1 rings (SSSR count). The van der Waals surface area contributed by atoms with Gasteiger partial charge in [-0.25, -0.2) is 0 Å². The number of halogens is 1. The molecule has 0 bridgehead atoms. The second-order valence-corrected chi connectivity index (χ2v) is 3.92. The maximum Gasteiger partial charge on any atom is 0.161 e. The van der Waals surface area contributed by atoms with E-state index in [4.69, 9.17) is 14.7 Å². The maximum absolute atomic E-state index is 8.76. The zero-order valence-electron chi connectivity index (χ0n) is 9.15. The Morgan fingerprint density at radius 2 is 2.06 bits per heavy atom. The molecule has 0 aromatic heterocycles. The Morgan fingerprint density at radius 1 is 1.38 bits per heavy atom. The first kappa shape index (κ1) is 12.9. The molecule has 4 heteroatoms. The Labute approximate surface area is 104 Å². The normalized spacial score (nSPS) is 11.6. The molecule has 86 valence electrons. The minimum Gasteiger partial charge on any atom is -0.493 e. The van der Waals surface area contributed by atoms with Crippen LogP contribution in [0.2, 0.25) is 0 Å². The van der Waals surface area contributed by atoms with Gasteiger partial charge in [0.25, 0.3) is 0 Å². The van der Waals surface area contributed by atoms with E-state index in [1.165, 1.54) is 0 Å². The zero-order chi connectivity index (χ0) is 11.8. The molecule has 0 spiro atoms. The first-order valence-electron chi connectivity index (χ1n) is 5.03. The number of benzene rings is 1. The van der Waals surface area contributed by atoms with Crippen LogP contribution in [0.1, 0.15) is 6.42 Å².